The molecule has 1 N–H and O–H groups in total. The van der Waals surface area contributed by atoms with Crippen LogP contribution < -0.4 is 19.1 Å². The maximum absolute atomic E-state index is 13.6. The molecule has 4 rings (SSSR count). The van der Waals surface area contributed by atoms with Crippen LogP contribution in [-0.4, -0.2) is 80.2 Å². The first-order valence-electron chi connectivity index (χ1n) is 13.0. The molecule has 0 unspecified atom stereocenters. The van der Waals surface area contributed by atoms with Crippen molar-refractivity contribution in [1.82, 2.24) is 9.62 Å². The Morgan fingerprint density at radius 1 is 0.976 bits per heavy atom. The van der Waals surface area contributed by atoms with Crippen molar-refractivity contribution in [2.45, 2.75) is 16.7 Å². The molecule has 3 aromatic rings. The lowest BCUT2D eigenvalue weighted by Gasteiger charge is -2.26. The molecule has 0 spiro atoms. The number of carbonyl (C=O) groups is 1. The van der Waals surface area contributed by atoms with Crippen LogP contribution in [0.5, 0.6) is 11.5 Å². The van der Waals surface area contributed by atoms with Crippen molar-refractivity contribution in [3.8, 4) is 11.5 Å². The SMILES string of the molecule is COc1ccc(N(CC(=O)NCCOc2ccc(S(=O)(=O)N3CCOCC3)cc2)S(=O)(=O)c2ccc(C)cc2)cc1Cl. The molecule has 1 aliphatic rings. The van der Waals surface area contributed by atoms with Crippen molar-refractivity contribution in [2.24, 2.45) is 0 Å². The molecule has 3 aromatic carbocycles. The lowest BCUT2D eigenvalue weighted by Crippen LogP contribution is -2.42. The lowest BCUT2D eigenvalue weighted by atomic mass is 10.2. The van der Waals surface area contributed by atoms with Gasteiger partial charge in [0.25, 0.3) is 10.0 Å². The van der Waals surface area contributed by atoms with E-state index < -0.39 is 32.5 Å². The average molecular weight is 638 g/mol. The third-order valence-electron chi connectivity index (χ3n) is 6.44. The second-order valence-corrected chi connectivity index (χ2v) is 13.5. The Bertz CT molecular complexity index is 1590. The minimum absolute atomic E-state index is 0.0234. The van der Waals surface area contributed by atoms with E-state index >= 15 is 0 Å². The van der Waals surface area contributed by atoms with Crippen molar-refractivity contribution < 1.29 is 35.8 Å². The molecule has 0 radical (unpaired) electrons. The maximum atomic E-state index is 13.6. The number of carbonyl (C=O) groups excluding carboxylic acids is 1. The van der Waals surface area contributed by atoms with Gasteiger partial charge in [0, 0.05) is 13.1 Å². The van der Waals surface area contributed by atoms with Gasteiger partial charge < -0.3 is 19.5 Å². The van der Waals surface area contributed by atoms with E-state index in [2.05, 4.69) is 5.32 Å². The van der Waals surface area contributed by atoms with Gasteiger partial charge in [0.2, 0.25) is 15.9 Å². The Morgan fingerprint density at radius 2 is 1.62 bits per heavy atom. The van der Waals surface area contributed by atoms with Gasteiger partial charge >= 0.3 is 0 Å². The van der Waals surface area contributed by atoms with Crippen LogP contribution in [0.1, 0.15) is 5.56 Å². The maximum Gasteiger partial charge on any atom is 0.264 e. The molecule has 1 aliphatic heterocycles. The van der Waals surface area contributed by atoms with Crippen LogP contribution in [0.3, 0.4) is 0 Å². The van der Waals surface area contributed by atoms with Crippen molar-refractivity contribution >= 4 is 43.2 Å². The van der Waals surface area contributed by atoms with Gasteiger partial charge in [-0.25, -0.2) is 16.8 Å². The van der Waals surface area contributed by atoms with Crippen LogP contribution in [0.4, 0.5) is 5.69 Å². The summed E-state index contributed by atoms with van der Waals surface area (Å²) in [5, 5.41) is 2.85. The molecule has 1 saturated heterocycles. The molecular formula is C28H32ClN3O8S2. The third kappa shape index (κ3) is 7.53. The fourth-order valence-electron chi connectivity index (χ4n) is 4.15. The summed E-state index contributed by atoms with van der Waals surface area (Å²) in [7, 11) is -6.29. The molecule has 0 saturated carbocycles. The Balaban J connectivity index is 1.38. The number of rotatable bonds is 12. The average Bonchev–Trinajstić information content (AvgIpc) is 2.99. The molecule has 1 amide bonds. The summed E-state index contributed by atoms with van der Waals surface area (Å²) >= 11 is 6.26. The first-order valence-corrected chi connectivity index (χ1v) is 16.3. The summed E-state index contributed by atoms with van der Waals surface area (Å²) in [4.78, 5) is 13.0. The fourth-order valence-corrected chi connectivity index (χ4v) is 7.23. The zero-order chi connectivity index (χ0) is 30.3. The first kappa shape index (κ1) is 31.6. The summed E-state index contributed by atoms with van der Waals surface area (Å²) in [5.74, 6) is 0.219. The molecule has 226 valence electrons. The number of halogens is 1. The van der Waals surface area contributed by atoms with Crippen LogP contribution in [-0.2, 0) is 29.6 Å². The number of ether oxygens (including phenoxy) is 3. The summed E-state index contributed by atoms with van der Waals surface area (Å²) in [6.07, 6.45) is 0. The van der Waals surface area contributed by atoms with Gasteiger partial charge in [0.1, 0.15) is 24.7 Å². The highest BCUT2D eigenvalue weighted by Gasteiger charge is 2.28. The zero-order valence-electron chi connectivity index (χ0n) is 23.2. The number of amides is 1. The first-order chi connectivity index (χ1) is 20.0. The highest BCUT2D eigenvalue weighted by molar-refractivity contribution is 7.92. The standard InChI is InChI=1S/C28H32ClN3O8S2/c1-21-3-8-25(9-4-21)42(36,37)32(22-5-12-27(38-2)26(29)19-22)20-28(33)30-13-16-40-23-6-10-24(11-7-23)41(34,35)31-14-17-39-18-15-31/h3-12,19H,13-18,20H2,1-2H3,(H,30,33). The number of sulfonamides is 2. The Hall–Kier alpha value is -3.36. The number of aryl methyl sites for hydroxylation is 1. The van der Waals surface area contributed by atoms with Crippen LogP contribution in [0, 0.1) is 6.92 Å². The van der Waals surface area contributed by atoms with Gasteiger partial charge in [-0.3, -0.25) is 9.10 Å². The molecule has 1 fully saturated rings. The number of nitrogens with one attached hydrogen (secondary N) is 1. The van der Waals surface area contributed by atoms with E-state index in [9.17, 15) is 21.6 Å². The Morgan fingerprint density at radius 3 is 2.24 bits per heavy atom. The van der Waals surface area contributed by atoms with Crippen LogP contribution >= 0.6 is 11.6 Å². The molecule has 1 heterocycles. The van der Waals surface area contributed by atoms with Crippen molar-refractivity contribution in [3.63, 3.8) is 0 Å². The molecule has 11 nitrogen and oxygen atoms in total. The third-order valence-corrected chi connectivity index (χ3v) is 10.4. The van der Waals surface area contributed by atoms with Crippen LogP contribution in [0.15, 0.2) is 76.5 Å². The molecule has 0 aliphatic carbocycles. The van der Waals surface area contributed by atoms with Gasteiger partial charge in [-0.05, 0) is 61.5 Å². The minimum atomic E-state index is -4.12. The van der Waals surface area contributed by atoms with E-state index in [1.807, 2.05) is 6.92 Å². The molecule has 42 heavy (non-hydrogen) atoms. The second kappa shape index (κ2) is 13.7. The van der Waals surface area contributed by atoms with E-state index in [0.29, 0.717) is 37.8 Å². The zero-order valence-corrected chi connectivity index (χ0v) is 25.5. The Kier molecular flexibility index (Phi) is 10.3. The Labute approximate surface area is 251 Å². The van der Waals surface area contributed by atoms with E-state index in [1.165, 1.54) is 53.9 Å². The predicted octanol–water partition coefficient (Wildman–Crippen LogP) is 3.07. The van der Waals surface area contributed by atoms with Crippen molar-refractivity contribution in [3.05, 3.63) is 77.3 Å². The second-order valence-electron chi connectivity index (χ2n) is 9.33. The van der Waals surface area contributed by atoms with Gasteiger partial charge in [-0.1, -0.05) is 29.3 Å². The fraction of sp³-hybridized carbons (Fsp3) is 0.321. The quantitative estimate of drug-likeness (QED) is 0.300. The van der Waals surface area contributed by atoms with Gasteiger partial charge in [-0.15, -0.1) is 0 Å². The highest BCUT2D eigenvalue weighted by atomic mass is 35.5. The van der Waals surface area contributed by atoms with Crippen molar-refractivity contribution in [2.75, 3.05) is 57.4 Å². The number of methoxy groups -OCH3 is 1. The lowest BCUT2D eigenvalue weighted by molar-refractivity contribution is -0.119. The molecule has 14 heteroatoms. The van der Waals surface area contributed by atoms with E-state index in [0.717, 1.165) is 9.87 Å². The normalized spacial score (nSPS) is 14.3. The predicted molar refractivity (Wildman–Crippen MR) is 158 cm³/mol. The smallest absolute Gasteiger partial charge is 0.264 e. The van der Waals surface area contributed by atoms with Gasteiger partial charge in [0.15, 0.2) is 0 Å². The molecular weight excluding hydrogens is 606 g/mol. The number of hydrogen-bond donors (Lipinski definition) is 1. The number of nitrogens with zero attached hydrogens (tertiary/aromatic N) is 2. The summed E-state index contributed by atoms with van der Waals surface area (Å²) in [5.41, 5.74) is 1.08. The largest absolute Gasteiger partial charge is 0.495 e. The number of benzene rings is 3. The monoisotopic (exact) mass is 637 g/mol. The van der Waals surface area contributed by atoms with Crippen LogP contribution in [0.2, 0.25) is 5.02 Å². The minimum Gasteiger partial charge on any atom is -0.495 e. The summed E-state index contributed by atoms with van der Waals surface area (Å²) in [6.45, 7) is 2.80. The number of hydrogen-bond acceptors (Lipinski definition) is 8. The molecule has 0 atom stereocenters. The van der Waals surface area contributed by atoms with E-state index in [-0.39, 0.29) is 33.7 Å². The molecule has 0 bridgehead atoms. The topological polar surface area (TPSA) is 132 Å². The van der Waals surface area contributed by atoms with E-state index in [1.54, 1.807) is 24.3 Å². The van der Waals surface area contributed by atoms with Gasteiger partial charge in [-0.2, -0.15) is 4.31 Å². The summed E-state index contributed by atoms with van der Waals surface area (Å²) in [6, 6.07) is 16.8. The van der Waals surface area contributed by atoms with Crippen LogP contribution in [0.25, 0.3) is 0 Å². The van der Waals surface area contributed by atoms with Gasteiger partial charge in [0.05, 0.1) is 47.4 Å². The molecule has 0 aromatic heterocycles. The number of anilines is 1. The van der Waals surface area contributed by atoms with E-state index in [4.69, 9.17) is 25.8 Å². The van der Waals surface area contributed by atoms with Crippen molar-refractivity contribution in [1.29, 1.82) is 0 Å². The number of morpholine rings is 1. The highest BCUT2D eigenvalue weighted by Crippen LogP contribution is 2.32. The summed E-state index contributed by atoms with van der Waals surface area (Å²) < 4.78 is 71.0.